The standard InChI is InChI=1S/C18H27N5O/c24-16(14-4-8-19-9-5-14)13-22-11-6-15(7-12-22)18-21-20-17-3-1-2-10-23(17)18/h1-3,10,14-16,19,24H,4-9,11-13H2. The van der Waals surface area contributed by atoms with Crippen LogP contribution in [0.5, 0.6) is 0 Å². The third-order valence-electron chi connectivity index (χ3n) is 5.67. The maximum Gasteiger partial charge on any atom is 0.160 e. The lowest BCUT2D eigenvalue weighted by Crippen LogP contribution is -2.43. The third kappa shape index (κ3) is 3.31. The van der Waals surface area contributed by atoms with Crippen LogP contribution in [0.1, 0.15) is 37.4 Å². The molecule has 2 aliphatic heterocycles. The summed E-state index contributed by atoms with van der Waals surface area (Å²) >= 11 is 0. The SMILES string of the molecule is OC(CN1CCC(c2nnc3ccccn23)CC1)C1CCNCC1. The second kappa shape index (κ2) is 7.17. The van der Waals surface area contributed by atoms with Crippen LogP contribution in [0.15, 0.2) is 24.4 Å². The topological polar surface area (TPSA) is 65.7 Å². The van der Waals surface area contributed by atoms with Gasteiger partial charge in [-0.25, -0.2) is 0 Å². The van der Waals surface area contributed by atoms with Gasteiger partial charge >= 0.3 is 0 Å². The molecule has 0 radical (unpaired) electrons. The molecule has 0 amide bonds. The summed E-state index contributed by atoms with van der Waals surface area (Å²) in [4.78, 5) is 2.42. The number of aliphatic hydroxyl groups is 1. The Kier molecular flexibility index (Phi) is 4.78. The summed E-state index contributed by atoms with van der Waals surface area (Å²) in [6, 6.07) is 6.03. The largest absolute Gasteiger partial charge is 0.392 e. The zero-order chi connectivity index (χ0) is 16.4. The third-order valence-corrected chi connectivity index (χ3v) is 5.67. The van der Waals surface area contributed by atoms with Gasteiger partial charge in [-0.05, 0) is 69.9 Å². The summed E-state index contributed by atoms with van der Waals surface area (Å²) in [5.74, 6) is 2.02. The van der Waals surface area contributed by atoms with E-state index in [2.05, 4.69) is 31.0 Å². The van der Waals surface area contributed by atoms with Crippen LogP contribution in [-0.2, 0) is 0 Å². The number of β-amino-alcohol motifs (C(OH)–C–C–N with tert-alkyl or cyclic N) is 1. The first kappa shape index (κ1) is 16.0. The first-order chi connectivity index (χ1) is 11.8. The Hall–Kier alpha value is -1.50. The summed E-state index contributed by atoms with van der Waals surface area (Å²) in [7, 11) is 0. The quantitative estimate of drug-likeness (QED) is 0.884. The van der Waals surface area contributed by atoms with Gasteiger partial charge in [0.2, 0.25) is 0 Å². The zero-order valence-corrected chi connectivity index (χ0v) is 14.1. The van der Waals surface area contributed by atoms with Crippen LogP contribution in [0.2, 0.25) is 0 Å². The molecule has 0 bridgehead atoms. The van der Waals surface area contributed by atoms with Gasteiger partial charge in [0.15, 0.2) is 5.65 Å². The molecular weight excluding hydrogens is 302 g/mol. The van der Waals surface area contributed by atoms with Crippen molar-refractivity contribution in [2.75, 3.05) is 32.7 Å². The van der Waals surface area contributed by atoms with Crippen LogP contribution in [0.25, 0.3) is 5.65 Å². The predicted molar refractivity (Wildman–Crippen MR) is 93.0 cm³/mol. The Labute approximate surface area is 142 Å². The Balaban J connectivity index is 1.33. The molecule has 2 aromatic heterocycles. The first-order valence-corrected chi connectivity index (χ1v) is 9.22. The molecule has 130 valence electrons. The molecule has 1 unspecified atom stereocenters. The van der Waals surface area contributed by atoms with Crippen molar-refractivity contribution in [3.8, 4) is 0 Å². The summed E-state index contributed by atoms with van der Waals surface area (Å²) in [5.41, 5.74) is 0.927. The van der Waals surface area contributed by atoms with Crippen molar-refractivity contribution < 1.29 is 5.11 Å². The number of hydrogen-bond donors (Lipinski definition) is 2. The van der Waals surface area contributed by atoms with E-state index in [1.165, 1.54) is 0 Å². The Morgan fingerprint density at radius 3 is 2.71 bits per heavy atom. The molecular formula is C18H27N5O. The highest BCUT2D eigenvalue weighted by atomic mass is 16.3. The number of piperidine rings is 2. The molecule has 0 spiro atoms. The summed E-state index contributed by atoms with van der Waals surface area (Å²) in [5, 5.41) is 22.6. The molecule has 0 aliphatic carbocycles. The van der Waals surface area contributed by atoms with E-state index in [1.807, 2.05) is 18.2 Å². The molecule has 2 fully saturated rings. The molecule has 4 heterocycles. The van der Waals surface area contributed by atoms with E-state index in [4.69, 9.17) is 0 Å². The number of pyridine rings is 1. The van der Waals surface area contributed by atoms with Crippen LogP contribution in [-0.4, -0.2) is 63.4 Å². The van der Waals surface area contributed by atoms with Gasteiger partial charge in [-0.2, -0.15) is 0 Å². The van der Waals surface area contributed by atoms with Gasteiger partial charge in [-0.3, -0.25) is 4.40 Å². The number of rotatable bonds is 4. The Morgan fingerprint density at radius 1 is 1.12 bits per heavy atom. The maximum atomic E-state index is 10.5. The maximum absolute atomic E-state index is 10.5. The van der Waals surface area contributed by atoms with Gasteiger partial charge < -0.3 is 15.3 Å². The Bertz CT molecular complexity index is 658. The average molecular weight is 329 g/mol. The van der Waals surface area contributed by atoms with Crippen molar-refractivity contribution in [1.29, 1.82) is 0 Å². The average Bonchev–Trinajstić information content (AvgIpc) is 3.07. The monoisotopic (exact) mass is 329 g/mol. The van der Waals surface area contributed by atoms with Crippen LogP contribution < -0.4 is 5.32 Å². The minimum atomic E-state index is -0.183. The Morgan fingerprint density at radius 2 is 1.92 bits per heavy atom. The number of likely N-dealkylation sites (tertiary alicyclic amines) is 1. The van der Waals surface area contributed by atoms with E-state index in [-0.39, 0.29) is 6.10 Å². The van der Waals surface area contributed by atoms with Crippen molar-refractivity contribution in [1.82, 2.24) is 24.8 Å². The second-order valence-electron chi connectivity index (χ2n) is 7.22. The zero-order valence-electron chi connectivity index (χ0n) is 14.1. The summed E-state index contributed by atoms with van der Waals surface area (Å²) in [6.45, 7) is 4.98. The van der Waals surface area contributed by atoms with Crippen molar-refractivity contribution >= 4 is 5.65 Å². The van der Waals surface area contributed by atoms with E-state index in [0.717, 1.165) is 69.9 Å². The van der Waals surface area contributed by atoms with E-state index < -0.39 is 0 Å². The predicted octanol–water partition coefficient (Wildman–Crippen LogP) is 1.27. The molecule has 2 aliphatic rings. The number of hydrogen-bond acceptors (Lipinski definition) is 5. The van der Waals surface area contributed by atoms with E-state index in [0.29, 0.717) is 11.8 Å². The van der Waals surface area contributed by atoms with Gasteiger partial charge in [-0.1, -0.05) is 6.07 Å². The highest BCUT2D eigenvalue weighted by Gasteiger charge is 2.28. The molecule has 6 nitrogen and oxygen atoms in total. The lowest BCUT2D eigenvalue weighted by atomic mass is 9.90. The normalized spacial score (nSPS) is 22.9. The van der Waals surface area contributed by atoms with E-state index in [1.54, 1.807) is 0 Å². The molecule has 1 atom stereocenters. The molecule has 0 aromatic carbocycles. The van der Waals surface area contributed by atoms with Crippen molar-refractivity contribution in [3.63, 3.8) is 0 Å². The molecule has 24 heavy (non-hydrogen) atoms. The lowest BCUT2D eigenvalue weighted by Gasteiger charge is -2.35. The second-order valence-corrected chi connectivity index (χ2v) is 7.22. The number of fused-ring (bicyclic) bond motifs is 1. The van der Waals surface area contributed by atoms with E-state index >= 15 is 0 Å². The summed E-state index contributed by atoms with van der Waals surface area (Å²) in [6.07, 6.45) is 6.26. The fourth-order valence-electron chi connectivity index (χ4n) is 4.15. The fourth-order valence-corrected chi connectivity index (χ4v) is 4.15. The van der Waals surface area contributed by atoms with Crippen molar-refractivity contribution in [2.24, 2.45) is 5.92 Å². The fraction of sp³-hybridized carbons (Fsp3) is 0.667. The van der Waals surface area contributed by atoms with Crippen LogP contribution >= 0.6 is 0 Å². The van der Waals surface area contributed by atoms with Crippen LogP contribution in [0.4, 0.5) is 0 Å². The van der Waals surface area contributed by atoms with Gasteiger partial charge in [-0.15, -0.1) is 10.2 Å². The molecule has 2 aromatic rings. The highest BCUT2D eigenvalue weighted by molar-refractivity contribution is 5.37. The molecule has 0 saturated carbocycles. The minimum Gasteiger partial charge on any atom is -0.392 e. The number of aromatic nitrogens is 3. The lowest BCUT2D eigenvalue weighted by molar-refractivity contribution is 0.0423. The highest BCUT2D eigenvalue weighted by Crippen LogP contribution is 2.28. The molecule has 2 N–H and O–H groups in total. The van der Waals surface area contributed by atoms with Crippen LogP contribution in [0.3, 0.4) is 0 Å². The number of nitrogens with one attached hydrogen (secondary N) is 1. The smallest absolute Gasteiger partial charge is 0.160 e. The summed E-state index contributed by atoms with van der Waals surface area (Å²) < 4.78 is 2.12. The molecule has 4 rings (SSSR count). The first-order valence-electron chi connectivity index (χ1n) is 9.22. The molecule has 2 saturated heterocycles. The number of nitrogens with zero attached hydrogens (tertiary/aromatic N) is 4. The van der Waals surface area contributed by atoms with Gasteiger partial charge in [0.05, 0.1) is 6.10 Å². The van der Waals surface area contributed by atoms with E-state index in [9.17, 15) is 5.11 Å². The number of aliphatic hydroxyl groups excluding tert-OH is 1. The van der Waals surface area contributed by atoms with Gasteiger partial charge in [0.1, 0.15) is 5.82 Å². The van der Waals surface area contributed by atoms with Crippen molar-refractivity contribution in [3.05, 3.63) is 30.2 Å². The van der Waals surface area contributed by atoms with Crippen LogP contribution in [0, 0.1) is 5.92 Å². The minimum absolute atomic E-state index is 0.183. The van der Waals surface area contributed by atoms with Gasteiger partial charge in [0, 0.05) is 18.7 Å². The van der Waals surface area contributed by atoms with Crippen molar-refractivity contribution in [2.45, 2.75) is 37.7 Å². The molecule has 6 heteroatoms. The van der Waals surface area contributed by atoms with Gasteiger partial charge in [0.25, 0.3) is 0 Å².